The van der Waals surface area contributed by atoms with Gasteiger partial charge in [0.05, 0.1) is 17.8 Å². The van der Waals surface area contributed by atoms with E-state index in [4.69, 9.17) is 12.2 Å². The van der Waals surface area contributed by atoms with Crippen molar-refractivity contribution in [3.05, 3.63) is 54.1 Å². The third-order valence-corrected chi connectivity index (χ3v) is 4.78. The van der Waals surface area contributed by atoms with E-state index in [0.717, 1.165) is 17.4 Å². The van der Waals surface area contributed by atoms with E-state index in [1.807, 2.05) is 24.4 Å². The lowest BCUT2D eigenvalue weighted by Crippen LogP contribution is -2.31. The molecule has 0 aromatic carbocycles. The molecule has 0 radical (unpaired) electrons. The van der Waals surface area contributed by atoms with E-state index >= 15 is 0 Å². The molecule has 2 aromatic rings. The Balaban J connectivity index is 1.96. The number of nitrogens with zero attached hydrogens (tertiary/aromatic N) is 3. The molecule has 1 aliphatic rings. The number of nitrogens with one attached hydrogen (secondary N) is 1. The van der Waals surface area contributed by atoms with E-state index in [1.54, 1.807) is 0 Å². The molecule has 0 aliphatic carbocycles. The number of aromatic nitrogens is 2. The maximum atomic E-state index is 9.22. The Hall–Kier alpha value is -1.92. The Bertz CT molecular complexity index is 685. The molecule has 24 heavy (non-hydrogen) atoms. The summed E-state index contributed by atoms with van der Waals surface area (Å²) < 4.78 is 2.20. The van der Waals surface area contributed by atoms with Gasteiger partial charge >= 0.3 is 0 Å². The summed E-state index contributed by atoms with van der Waals surface area (Å²) in [6.07, 6.45) is 6.80. The van der Waals surface area contributed by atoms with Gasteiger partial charge in [0.15, 0.2) is 5.11 Å². The predicted octanol–water partition coefficient (Wildman–Crippen LogP) is 2.82. The molecule has 0 saturated carbocycles. The van der Waals surface area contributed by atoms with Crippen molar-refractivity contribution >= 4 is 17.3 Å². The standard InChI is InChI=1S/C18H24N4OS/c1-13(2)21-10-7-14(12-21)17-16(15-6-3-4-8-19-15)20-18(24)22(17)9-5-11-23/h3-4,6-8,10,12-13,16-17,23H,5,9,11H2,1-2H3,(H,20,24)/t16-,17-/m0/s1. The minimum atomic E-state index is 0.0143. The fourth-order valence-electron chi connectivity index (χ4n) is 3.18. The molecule has 3 rings (SSSR count). The largest absolute Gasteiger partial charge is 0.396 e. The van der Waals surface area contributed by atoms with Crippen LogP contribution in [0.1, 0.15) is 49.7 Å². The van der Waals surface area contributed by atoms with Gasteiger partial charge < -0.3 is 19.9 Å². The van der Waals surface area contributed by atoms with Crippen LogP contribution in [0, 0.1) is 0 Å². The van der Waals surface area contributed by atoms with Gasteiger partial charge in [-0.2, -0.15) is 0 Å². The van der Waals surface area contributed by atoms with E-state index in [9.17, 15) is 5.11 Å². The summed E-state index contributed by atoms with van der Waals surface area (Å²) in [6, 6.07) is 8.62. The molecule has 0 bridgehead atoms. The molecule has 6 heteroatoms. The normalized spacial score (nSPS) is 20.7. The molecular formula is C18H24N4OS. The second-order valence-corrected chi connectivity index (χ2v) is 6.77. The smallest absolute Gasteiger partial charge is 0.170 e. The van der Waals surface area contributed by atoms with Crippen LogP contribution in [0.4, 0.5) is 0 Å². The van der Waals surface area contributed by atoms with Crippen molar-refractivity contribution in [1.29, 1.82) is 0 Å². The number of pyridine rings is 1. The van der Waals surface area contributed by atoms with Gasteiger partial charge in [0, 0.05) is 37.8 Å². The average Bonchev–Trinajstić information content (AvgIpc) is 3.18. The van der Waals surface area contributed by atoms with E-state index < -0.39 is 0 Å². The first kappa shape index (κ1) is 16.9. The Morgan fingerprint density at radius 1 is 1.33 bits per heavy atom. The van der Waals surface area contributed by atoms with Crippen LogP contribution in [0.2, 0.25) is 0 Å². The molecular weight excluding hydrogens is 320 g/mol. The molecule has 1 fully saturated rings. The van der Waals surface area contributed by atoms with Gasteiger partial charge in [-0.1, -0.05) is 6.07 Å². The van der Waals surface area contributed by atoms with E-state index in [2.05, 4.69) is 52.1 Å². The molecule has 128 valence electrons. The summed E-state index contributed by atoms with van der Waals surface area (Å²) in [5.74, 6) is 0. The molecule has 1 saturated heterocycles. The van der Waals surface area contributed by atoms with Crippen molar-refractivity contribution in [3.63, 3.8) is 0 Å². The minimum absolute atomic E-state index is 0.0143. The van der Waals surface area contributed by atoms with Gasteiger partial charge in [-0.25, -0.2) is 0 Å². The van der Waals surface area contributed by atoms with Crippen LogP contribution in [0.5, 0.6) is 0 Å². The van der Waals surface area contributed by atoms with E-state index in [0.29, 0.717) is 12.5 Å². The Morgan fingerprint density at radius 3 is 2.79 bits per heavy atom. The van der Waals surface area contributed by atoms with Crippen molar-refractivity contribution in [2.75, 3.05) is 13.2 Å². The number of aliphatic hydroxyl groups is 1. The molecule has 5 nitrogen and oxygen atoms in total. The van der Waals surface area contributed by atoms with Crippen LogP contribution in [-0.2, 0) is 0 Å². The highest BCUT2D eigenvalue weighted by Crippen LogP contribution is 2.38. The molecule has 2 N–H and O–H groups in total. The highest BCUT2D eigenvalue weighted by atomic mass is 32.1. The minimum Gasteiger partial charge on any atom is -0.396 e. The summed E-state index contributed by atoms with van der Waals surface area (Å²) in [4.78, 5) is 6.69. The van der Waals surface area contributed by atoms with Crippen LogP contribution in [0.3, 0.4) is 0 Å². The van der Waals surface area contributed by atoms with Crippen LogP contribution in [0.15, 0.2) is 42.9 Å². The fraction of sp³-hybridized carbons (Fsp3) is 0.444. The zero-order chi connectivity index (χ0) is 17.1. The molecule has 0 spiro atoms. The lowest BCUT2D eigenvalue weighted by atomic mass is 9.99. The molecule has 2 aromatic heterocycles. The average molecular weight is 344 g/mol. The second kappa shape index (κ2) is 7.32. The van der Waals surface area contributed by atoms with Gasteiger partial charge in [-0.15, -0.1) is 0 Å². The highest BCUT2D eigenvalue weighted by Gasteiger charge is 2.39. The second-order valence-electron chi connectivity index (χ2n) is 6.38. The van der Waals surface area contributed by atoms with Crippen molar-refractivity contribution in [2.45, 2.75) is 38.4 Å². The Kier molecular flexibility index (Phi) is 5.16. The number of hydrogen-bond donors (Lipinski definition) is 2. The number of aliphatic hydroxyl groups excluding tert-OH is 1. The Labute approximate surface area is 148 Å². The first-order valence-corrected chi connectivity index (χ1v) is 8.79. The van der Waals surface area contributed by atoms with Gasteiger partial charge in [-0.3, -0.25) is 4.98 Å². The third-order valence-electron chi connectivity index (χ3n) is 4.43. The summed E-state index contributed by atoms with van der Waals surface area (Å²) in [7, 11) is 0. The first-order chi connectivity index (χ1) is 11.6. The van der Waals surface area contributed by atoms with E-state index in [1.165, 1.54) is 5.56 Å². The van der Waals surface area contributed by atoms with Crippen LogP contribution < -0.4 is 5.32 Å². The van der Waals surface area contributed by atoms with E-state index in [-0.39, 0.29) is 18.7 Å². The number of thiocarbonyl (C=S) groups is 1. The quantitative estimate of drug-likeness (QED) is 0.789. The van der Waals surface area contributed by atoms with Crippen LogP contribution in [0.25, 0.3) is 0 Å². The van der Waals surface area contributed by atoms with Gasteiger partial charge in [0.2, 0.25) is 0 Å². The van der Waals surface area contributed by atoms with Crippen molar-refractivity contribution in [2.24, 2.45) is 0 Å². The number of hydrogen-bond acceptors (Lipinski definition) is 3. The van der Waals surface area contributed by atoms with Gasteiger partial charge in [0.25, 0.3) is 0 Å². The van der Waals surface area contributed by atoms with Gasteiger partial charge in [-0.05, 0) is 56.2 Å². The molecule has 1 aliphatic heterocycles. The summed E-state index contributed by atoms with van der Waals surface area (Å²) in [5.41, 5.74) is 2.19. The predicted molar refractivity (Wildman–Crippen MR) is 98.7 cm³/mol. The molecule has 2 atom stereocenters. The Morgan fingerprint density at radius 2 is 2.17 bits per heavy atom. The van der Waals surface area contributed by atoms with Crippen LogP contribution in [-0.4, -0.2) is 37.8 Å². The maximum Gasteiger partial charge on any atom is 0.170 e. The highest BCUT2D eigenvalue weighted by molar-refractivity contribution is 7.80. The third kappa shape index (κ3) is 3.30. The van der Waals surface area contributed by atoms with Gasteiger partial charge in [0.1, 0.15) is 0 Å². The van der Waals surface area contributed by atoms with Crippen molar-refractivity contribution in [1.82, 2.24) is 19.8 Å². The fourth-order valence-corrected chi connectivity index (χ4v) is 3.51. The SMILES string of the molecule is CC(C)n1ccc([C@H]2[C@H](c3ccccn3)NC(=S)N2CCCO)c1. The summed E-state index contributed by atoms with van der Waals surface area (Å²) in [6.45, 7) is 5.22. The monoisotopic (exact) mass is 344 g/mol. The lowest BCUT2D eigenvalue weighted by Gasteiger charge is -2.27. The molecule has 0 amide bonds. The zero-order valence-corrected chi connectivity index (χ0v) is 14.9. The maximum absolute atomic E-state index is 9.22. The summed E-state index contributed by atoms with van der Waals surface area (Å²) >= 11 is 5.56. The molecule has 3 heterocycles. The van der Waals surface area contributed by atoms with Crippen LogP contribution >= 0.6 is 12.2 Å². The van der Waals surface area contributed by atoms with Crippen molar-refractivity contribution in [3.8, 4) is 0 Å². The summed E-state index contributed by atoms with van der Waals surface area (Å²) in [5, 5.41) is 13.4. The first-order valence-electron chi connectivity index (χ1n) is 8.38. The zero-order valence-electron chi connectivity index (χ0n) is 14.1. The topological polar surface area (TPSA) is 53.3 Å². The van der Waals surface area contributed by atoms with Crippen molar-refractivity contribution < 1.29 is 5.11 Å². The molecule has 0 unspecified atom stereocenters. The lowest BCUT2D eigenvalue weighted by molar-refractivity contribution is 0.247. The number of rotatable bonds is 6.